The van der Waals surface area contributed by atoms with Crippen molar-refractivity contribution in [3.63, 3.8) is 0 Å². The Labute approximate surface area is 208 Å². The van der Waals surface area contributed by atoms with Crippen molar-refractivity contribution in [1.82, 2.24) is 9.88 Å². The molecule has 1 fully saturated rings. The summed E-state index contributed by atoms with van der Waals surface area (Å²) in [5.41, 5.74) is -2.11. The number of amides is 1. The lowest BCUT2D eigenvalue weighted by Gasteiger charge is -2.47. The lowest BCUT2D eigenvalue weighted by molar-refractivity contribution is -0.0632. The fourth-order valence-electron chi connectivity index (χ4n) is 3.56. The molecule has 0 aromatic carbocycles. The van der Waals surface area contributed by atoms with Gasteiger partial charge in [-0.3, -0.25) is 4.98 Å². The summed E-state index contributed by atoms with van der Waals surface area (Å²) in [6.07, 6.45) is 0.118. The van der Waals surface area contributed by atoms with E-state index in [9.17, 15) is 15.2 Å². The quantitative estimate of drug-likeness (QED) is 0.498. The lowest BCUT2D eigenvalue weighted by Crippen LogP contribution is -2.51. The second kappa shape index (κ2) is 10.1. The van der Waals surface area contributed by atoms with Crippen LogP contribution in [-0.4, -0.2) is 54.7 Å². The highest BCUT2D eigenvalue weighted by atomic mass is 35.5. The van der Waals surface area contributed by atoms with Crippen molar-refractivity contribution in [3.05, 3.63) is 28.3 Å². The molecule has 10 heteroatoms. The normalized spacial score (nSPS) is 17.8. The molecule has 190 valence electrons. The standard InChI is InChI=1S/C24H37ClFN3O4Si/c1-22(2,3)33-21(31)29-11-9-24(10-12-29,15-32-34(7,8)23(4,5)6)20(30)19-18(26)16(13-27)17(25)14-28-19/h14,20,30H,9-12,15H2,1-8H3. The third-order valence-corrected chi connectivity index (χ3v) is 11.7. The van der Waals surface area contributed by atoms with Crippen molar-refractivity contribution in [2.24, 2.45) is 5.41 Å². The van der Waals surface area contributed by atoms with Gasteiger partial charge < -0.3 is 19.2 Å². The van der Waals surface area contributed by atoms with E-state index in [2.05, 4.69) is 38.8 Å². The number of halogens is 2. The summed E-state index contributed by atoms with van der Waals surface area (Å²) in [6, 6.07) is 1.74. The number of carbonyl (C=O) groups is 1. The molecule has 2 heterocycles. The van der Waals surface area contributed by atoms with Gasteiger partial charge >= 0.3 is 6.09 Å². The number of aliphatic hydroxyl groups excluding tert-OH is 1. The first-order valence-electron chi connectivity index (χ1n) is 11.5. The molecular formula is C24H37ClFN3O4Si. The molecule has 7 nitrogen and oxygen atoms in total. The number of carbonyl (C=O) groups excluding carboxylic acids is 1. The van der Waals surface area contributed by atoms with Gasteiger partial charge in [0.15, 0.2) is 14.1 Å². The summed E-state index contributed by atoms with van der Waals surface area (Å²) >= 11 is 5.92. The second-order valence-electron chi connectivity index (χ2n) is 11.6. The van der Waals surface area contributed by atoms with Gasteiger partial charge in [0.2, 0.25) is 0 Å². The summed E-state index contributed by atoms with van der Waals surface area (Å²) in [5.74, 6) is -0.927. The van der Waals surface area contributed by atoms with Crippen LogP contribution in [-0.2, 0) is 9.16 Å². The fraction of sp³-hybridized carbons (Fsp3) is 0.708. The molecule has 1 aliphatic rings. The molecule has 0 radical (unpaired) electrons. The SMILES string of the molecule is CC(C)(C)OC(=O)N1CCC(CO[Si](C)(C)C(C)(C)C)(C(O)c2ncc(Cl)c(C#N)c2F)CC1. The monoisotopic (exact) mass is 513 g/mol. The minimum Gasteiger partial charge on any atom is -0.444 e. The van der Waals surface area contributed by atoms with Crippen molar-refractivity contribution < 1.29 is 23.5 Å². The summed E-state index contributed by atoms with van der Waals surface area (Å²) in [5, 5.41) is 20.6. The molecule has 0 saturated carbocycles. The molecule has 1 amide bonds. The number of piperidine rings is 1. The van der Waals surface area contributed by atoms with Gasteiger partial charge in [-0.1, -0.05) is 32.4 Å². The molecule has 1 aromatic rings. The molecule has 1 N–H and O–H groups in total. The van der Waals surface area contributed by atoms with E-state index >= 15 is 4.39 Å². The largest absolute Gasteiger partial charge is 0.444 e. The number of nitriles is 1. The van der Waals surface area contributed by atoms with Crippen LogP contribution < -0.4 is 0 Å². The van der Waals surface area contributed by atoms with Gasteiger partial charge in [0, 0.05) is 31.3 Å². The number of hydrogen-bond donors (Lipinski definition) is 1. The van der Waals surface area contributed by atoms with Gasteiger partial charge in [-0.2, -0.15) is 5.26 Å². The number of pyridine rings is 1. The first kappa shape index (κ1) is 28.5. The van der Waals surface area contributed by atoms with Gasteiger partial charge in [-0.05, 0) is 51.7 Å². The summed E-state index contributed by atoms with van der Waals surface area (Å²) in [6.45, 7) is 16.8. The average molecular weight is 514 g/mol. The van der Waals surface area contributed by atoms with Crippen LogP contribution >= 0.6 is 11.6 Å². The summed E-state index contributed by atoms with van der Waals surface area (Å²) in [4.78, 5) is 18.2. The number of aromatic nitrogens is 1. The van der Waals surface area contributed by atoms with E-state index in [4.69, 9.17) is 20.8 Å². The van der Waals surface area contributed by atoms with Crippen LogP contribution in [0.2, 0.25) is 23.2 Å². The van der Waals surface area contributed by atoms with Gasteiger partial charge in [-0.15, -0.1) is 0 Å². The number of likely N-dealkylation sites (tertiary alicyclic amines) is 1. The van der Waals surface area contributed by atoms with Crippen molar-refractivity contribution in [2.75, 3.05) is 19.7 Å². The molecule has 0 aliphatic carbocycles. The zero-order chi connectivity index (χ0) is 26.1. The van der Waals surface area contributed by atoms with Gasteiger partial charge in [0.1, 0.15) is 29.0 Å². The van der Waals surface area contributed by atoms with E-state index in [1.54, 1.807) is 31.7 Å². The van der Waals surface area contributed by atoms with E-state index in [1.807, 2.05) is 0 Å². The second-order valence-corrected chi connectivity index (χ2v) is 16.8. The van der Waals surface area contributed by atoms with E-state index < -0.39 is 37.3 Å². The van der Waals surface area contributed by atoms with Gasteiger partial charge in [0.05, 0.1) is 5.02 Å². The molecule has 1 unspecified atom stereocenters. The Morgan fingerprint density at radius 1 is 1.32 bits per heavy atom. The van der Waals surface area contributed by atoms with E-state index in [-0.39, 0.29) is 27.9 Å². The van der Waals surface area contributed by atoms with Crippen molar-refractivity contribution in [2.45, 2.75) is 84.2 Å². The number of aliphatic hydroxyl groups is 1. The molecule has 1 aromatic heterocycles. The zero-order valence-corrected chi connectivity index (χ0v) is 23.2. The Bertz CT molecular complexity index is 945. The Balaban J connectivity index is 2.38. The van der Waals surface area contributed by atoms with Gasteiger partial charge in [-0.25, -0.2) is 9.18 Å². The Kier molecular flexibility index (Phi) is 8.46. The predicted octanol–water partition coefficient (Wildman–Crippen LogP) is 5.82. The fourth-order valence-corrected chi connectivity index (χ4v) is 4.82. The molecule has 0 bridgehead atoms. The first-order valence-corrected chi connectivity index (χ1v) is 14.8. The van der Waals surface area contributed by atoms with Crippen LogP contribution in [0, 0.1) is 22.6 Å². The number of ether oxygens (including phenoxy) is 1. The lowest BCUT2D eigenvalue weighted by atomic mass is 9.73. The Hall–Kier alpha value is -1.73. The predicted molar refractivity (Wildman–Crippen MR) is 132 cm³/mol. The van der Waals surface area contributed by atoms with Crippen LogP contribution in [0.4, 0.5) is 9.18 Å². The first-order chi connectivity index (χ1) is 15.4. The number of rotatable bonds is 5. The van der Waals surface area contributed by atoms with Crippen LogP contribution in [0.3, 0.4) is 0 Å². The summed E-state index contributed by atoms with van der Waals surface area (Å²) in [7, 11) is -2.20. The third kappa shape index (κ3) is 6.28. The van der Waals surface area contributed by atoms with Crippen LogP contribution in [0.1, 0.15) is 71.7 Å². The Morgan fingerprint density at radius 2 is 1.88 bits per heavy atom. The zero-order valence-electron chi connectivity index (χ0n) is 21.5. The highest BCUT2D eigenvalue weighted by Gasteiger charge is 2.48. The third-order valence-electron chi connectivity index (χ3n) is 6.89. The van der Waals surface area contributed by atoms with E-state index in [0.717, 1.165) is 0 Å². The molecule has 1 saturated heterocycles. The smallest absolute Gasteiger partial charge is 0.410 e. The average Bonchev–Trinajstić information content (AvgIpc) is 2.70. The highest BCUT2D eigenvalue weighted by Crippen LogP contribution is 2.46. The molecular weight excluding hydrogens is 477 g/mol. The summed E-state index contributed by atoms with van der Waals surface area (Å²) < 4.78 is 27.1. The highest BCUT2D eigenvalue weighted by molar-refractivity contribution is 6.74. The number of nitrogens with zero attached hydrogens (tertiary/aromatic N) is 3. The number of hydrogen-bond acceptors (Lipinski definition) is 6. The molecule has 0 spiro atoms. The van der Waals surface area contributed by atoms with Crippen molar-refractivity contribution >= 4 is 26.0 Å². The topological polar surface area (TPSA) is 95.7 Å². The van der Waals surface area contributed by atoms with Crippen molar-refractivity contribution in [1.29, 1.82) is 5.26 Å². The van der Waals surface area contributed by atoms with E-state index in [1.165, 1.54) is 6.20 Å². The van der Waals surface area contributed by atoms with Crippen molar-refractivity contribution in [3.8, 4) is 6.07 Å². The minimum absolute atomic E-state index is 0.0614. The van der Waals surface area contributed by atoms with Crippen LogP contribution in [0.25, 0.3) is 0 Å². The maximum atomic E-state index is 15.1. The maximum absolute atomic E-state index is 15.1. The molecule has 2 rings (SSSR count). The molecule has 1 atom stereocenters. The maximum Gasteiger partial charge on any atom is 0.410 e. The van der Waals surface area contributed by atoms with E-state index in [0.29, 0.717) is 25.9 Å². The molecule has 34 heavy (non-hydrogen) atoms. The minimum atomic E-state index is -2.20. The van der Waals surface area contributed by atoms with Crippen LogP contribution in [0.5, 0.6) is 0 Å². The Morgan fingerprint density at radius 3 is 2.35 bits per heavy atom. The van der Waals surface area contributed by atoms with Gasteiger partial charge in [0.25, 0.3) is 0 Å². The molecule has 1 aliphatic heterocycles. The van der Waals surface area contributed by atoms with Crippen LogP contribution in [0.15, 0.2) is 6.20 Å².